The Hall–Kier alpha value is -2.10. The second kappa shape index (κ2) is 8.10. The van der Waals surface area contributed by atoms with Crippen LogP contribution in [0.5, 0.6) is 0 Å². The van der Waals surface area contributed by atoms with E-state index >= 15 is 0 Å². The number of carbonyl (C=O) groups excluding carboxylic acids is 2. The molecule has 1 aliphatic rings. The van der Waals surface area contributed by atoms with E-state index in [2.05, 4.69) is 10.3 Å². The molecule has 1 atom stereocenters. The summed E-state index contributed by atoms with van der Waals surface area (Å²) in [4.78, 5) is 29.2. The smallest absolute Gasteiger partial charge is 0.243 e. The van der Waals surface area contributed by atoms with E-state index in [1.54, 1.807) is 31.2 Å². The lowest BCUT2D eigenvalue weighted by Crippen LogP contribution is -2.43. The van der Waals surface area contributed by atoms with Gasteiger partial charge in [0.1, 0.15) is 0 Å². The maximum absolute atomic E-state index is 12.9. The van der Waals surface area contributed by atoms with Crippen molar-refractivity contribution in [1.82, 2.24) is 9.29 Å². The van der Waals surface area contributed by atoms with Gasteiger partial charge in [-0.25, -0.2) is 13.4 Å². The number of piperidine rings is 1. The maximum atomic E-state index is 12.9. The van der Waals surface area contributed by atoms with Gasteiger partial charge < -0.3 is 5.32 Å². The molecule has 0 aliphatic carbocycles. The molecule has 9 heteroatoms. The number of hydrogen-bond acceptors (Lipinski definition) is 6. The quantitative estimate of drug-likeness (QED) is 0.749. The number of nitrogens with zero attached hydrogens (tertiary/aromatic N) is 2. The summed E-state index contributed by atoms with van der Waals surface area (Å²) in [5.41, 5.74) is 1.57. The predicted octanol–water partition coefficient (Wildman–Crippen LogP) is 3.00. The van der Waals surface area contributed by atoms with Crippen LogP contribution < -0.4 is 5.32 Å². The van der Waals surface area contributed by atoms with Crippen LogP contribution in [0.25, 0.3) is 0 Å². The van der Waals surface area contributed by atoms with Crippen LogP contribution in [0.1, 0.15) is 40.7 Å². The molecule has 28 heavy (non-hydrogen) atoms. The Balaban J connectivity index is 1.72. The van der Waals surface area contributed by atoms with Crippen molar-refractivity contribution >= 4 is 38.2 Å². The van der Waals surface area contributed by atoms with E-state index in [9.17, 15) is 18.0 Å². The topological polar surface area (TPSA) is 96.4 Å². The first-order valence-electron chi connectivity index (χ1n) is 9.04. The molecule has 1 unspecified atom stereocenters. The third kappa shape index (κ3) is 4.31. The van der Waals surface area contributed by atoms with Gasteiger partial charge in [-0.3, -0.25) is 9.59 Å². The van der Waals surface area contributed by atoms with E-state index in [1.165, 1.54) is 11.2 Å². The highest BCUT2D eigenvalue weighted by Gasteiger charge is 2.33. The lowest BCUT2D eigenvalue weighted by atomic mass is 9.99. The molecule has 1 saturated heterocycles. The highest BCUT2D eigenvalue weighted by molar-refractivity contribution is 7.89. The fourth-order valence-electron chi connectivity index (χ4n) is 3.22. The molecule has 2 aromatic rings. The van der Waals surface area contributed by atoms with Crippen molar-refractivity contribution in [3.05, 3.63) is 40.4 Å². The monoisotopic (exact) mass is 421 g/mol. The molecule has 0 bridgehead atoms. The first kappa shape index (κ1) is 20.6. The summed E-state index contributed by atoms with van der Waals surface area (Å²) in [6.45, 7) is 5.60. The number of benzene rings is 1. The Kier molecular flexibility index (Phi) is 5.97. The number of anilines is 1. The minimum absolute atomic E-state index is 0.0940. The van der Waals surface area contributed by atoms with Crippen LogP contribution in [0.15, 0.2) is 29.2 Å². The molecule has 1 aliphatic heterocycles. The van der Waals surface area contributed by atoms with Crippen LogP contribution in [0.2, 0.25) is 0 Å². The van der Waals surface area contributed by atoms with Gasteiger partial charge in [0.15, 0.2) is 10.9 Å². The molecule has 3 rings (SSSR count). The molecule has 1 aromatic heterocycles. The number of thiazole rings is 1. The van der Waals surface area contributed by atoms with Crippen LogP contribution in [0.4, 0.5) is 5.13 Å². The van der Waals surface area contributed by atoms with E-state index in [0.717, 1.165) is 16.9 Å². The van der Waals surface area contributed by atoms with E-state index < -0.39 is 15.9 Å². The molecule has 0 spiro atoms. The molecule has 150 valence electrons. The summed E-state index contributed by atoms with van der Waals surface area (Å²) in [5.74, 6) is -0.824. The Morgan fingerprint density at radius 2 is 1.89 bits per heavy atom. The molecule has 0 radical (unpaired) electrons. The number of nitrogens with one attached hydrogen (secondary N) is 1. The fraction of sp³-hybridized carbons (Fsp3) is 0.421. The van der Waals surface area contributed by atoms with Crippen molar-refractivity contribution in [3.8, 4) is 0 Å². The summed E-state index contributed by atoms with van der Waals surface area (Å²) in [7, 11) is -3.64. The van der Waals surface area contributed by atoms with Crippen LogP contribution in [0, 0.1) is 19.8 Å². The van der Waals surface area contributed by atoms with Gasteiger partial charge in [-0.05, 0) is 38.8 Å². The standard InChI is InChI=1S/C19H23N3O4S2/c1-12-6-8-16(9-7-12)28(25,26)22-10-4-5-15(11-22)18(24)21-19-20-13(2)17(27-19)14(3)23/h6-9,15H,4-5,10-11H2,1-3H3,(H,20,21,24). The highest BCUT2D eigenvalue weighted by Crippen LogP contribution is 2.27. The number of amides is 1. The van der Waals surface area contributed by atoms with Gasteiger partial charge in [-0.2, -0.15) is 4.31 Å². The summed E-state index contributed by atoms with van der Waals surface area (Å²) in [5, 5.41) is 3.11. The van der Waals surface area contributed by atoms with Crippen molar-refractivity contribution in [1.29, 1.82) is 0 Å². The SMILES string of the molecule is CC(=O)c1sc(NC(=O)C2CCCN(S(=O)(=O)c3ccc(C)cc3)C2)nc1C. The molecular weight excluding hydrogens is 398 g/mol. The number of ketones is 1. The summed E-state index contributed by atoms with van der Waals surface area (Å²) < 4.78 is 27.2. The zero-order chi connectivity index (χ0) is 20.5. The zero-order valence-electron chi connectivity index (χ0n) is 16.1. The summed E-state index contributed by atoms with van der Waals surface area (Å²) >= 11 is 1.14. The fourth-order valence-corrected chi connectivity index (χ4v) is 5.61. The van der Waals surface area contributed by atoms with Crippen molar-refractivity contribution in [2.75, 3.05) is 18.4 Å². The lowest BCUT2D eigenvalue weighted by Gasteiger charge is -2.31. The van der Waals surface area contributed by atoms with Crippen molar-refractivity contribution in [2.45, 2.75) is 38.5 Å². The molecule has 1 aromatic carbocycles. The van der Waals surface area contributed by atoms with Gasteiger partial charge in [0.25, 0.3) is 0 Å². The average Bonchev–Trinajstić information content (AvgIpc) is 3.02. The molecule has 1 amide bonds. The molecule has 1 fully saturated rings. The van der Waals surface area contributed by atoms with Crippen LogP contribution in [-0.2, 0) is 14.8 Å². The van der Waals surface area contributed by atoms with E-state index in [-0.39, 0.29) is 23.1 Å². The molecule has 0 saturated carbocycles. The summed E-state index contributed by atoms with van der Waals surface area (Å²) in [6, 6.07) is 6.71. The normalized spacial score (nSPS) is 18.0. The second-order valence-corrected chi connectivity index (χ2v) is 9.93. The third-order valence-corrected chi connectivity index (χ3v) is 7.81. The minimum atomic E-state index is -3.64. The molecule has 2 heterocycles. The number of aryl methyl sites for hydroxylation is 2. The van der Waals surface area contributed by atoms with E-state index in [1.807, 2.05) is 6.92 Å². The van der Waals surface area contributed by atoms with Crippen LogP contribution in [0.3, 0.4) is 0 Å². The Morgan fingerprint density at radius 3 is 2.50 bits per heavy atom. The Bertz CT molecular complexity index is 997. The first-order valence-corrected chi connectivity index (χ1v) is 11.3. The molecule has 1 N–H and O–H groups in total. The number of carbonyl (C=O) groups is 2. The van der Waals surface area contributed by atoms with Crippen LogP contribution >= 0.6 is 11.3 Å². The highest BCUT2D eigenvalue weighted by atomic mass is 32.2. The van der Waals surface area contributed by atoms with Gasteiger partial charge in [-0.1, -0.05) is 29.0 Å². The molecular formula is C19H23N3O4S2. The third-order valence-electron chi connectivity index (χ3n) is 4.76. The largest absolute Gasteiger partial charge is 0.302 e. The van der Waals surface area contributed by atoms with E-state index in [0.29, 0.717) is 35.1 Å². The Labute approximate surface area is 168 Å². The average molecular weight is 422 g/mol. The number of sulfonamides is 1. The lowest BCUT2D eigenvalue weighted by molar-refractivity contribution is -0.120. The second-order valence-electron chi connectivity index (χ2n) is 6.99. The number of aromatic nitrogens is 1. The molecule has 7 nitrogen and oxygen atoms in total. The summed E-state index contributed by atoms with van der Waals surface area (Å²) in [6.07, 6.45) is 1.22. The number of Topliss-reactive ketones (excluding diaryl/α,β-unsaturated/α-hetero) is 1. The van der Waals surface area contributed by atoms with Crippen molar-refractivity contribution in [3.63, 3.8) is 0 Å². The van der Waals surface area contributed by atoms with Crippen molar-refractivity contribution < 1.29 is 18.0 Å². The van der Waals surface area contributed by atoms with Gasteiger partial charge in [-0.15, -0.1) is 0 Å². The minimum Gasteiger partial charge on any atom is -0.302 e. The van der Waals surface area contributed by atoms with E-state index in [4.69, 9.17) is 0 Å². The first-order chi connectivity index (χ1) is 13.2. The van der Waals surface area contributed by atoms with Gasteiger partial charge >= 0.3 is 0 Å². The van der Waals surface area contributed by atoms with Gasteiger partial charge in [0, 0.05) is 20.0 Å². The van der Waals surface area contributed by atoms with Gasteiger partial charge in [0.2, 0.25) is 15.9 Å². The van der Waals surface area contributed by atoms with Gasteiger partial charge in [0.05, 0.1) is 21.4 Å². The maximum Gasteiger partial charge on any atom is 0.243 e. The predicted molar refractivity (Wildman–Crippen MR) is 108 cm³/mol. The number of hydrogen-bond donors (Lipinski definition) is 1. The number of rotatable bonds is 5. The van der Waals surface area contributed by atoms with Crippen molar-refractivity contribution in [2.24, 2.45) is 5.92 Å². The van der Waals surface area contributed by atoms with Crippen LogP contribution in [-0.4, -0.2) is 42.5 Å². The zero-order valence-corrected chi connectivity index (χ0v) is 17.7. The Morgan fingerprint density at radius 1 is 1.21 bits per heavy atom.